The summed E-state index contributed by atoms with van der Waals surface area (Å²) in [5.74, 6) is -0.0286. The summed E-state index contributed by atoms with van der Waals surface area (Å²) in [6.07, 6.45) is -1.96. The van der Waals surface area contributed by atoms with E-state index in [-0.39, 0.29) is 5.92 Å². The molecule has 0 radical (unpaired) electrons. The molecule has 3 nitrogen and oxygen atoms in total. The number of aromatic nitrogens is 2. The van der Waals surface area contributed by atoms with E-state index in [0.29, 0.717) is 35.0 Å². The molecule has 1 aromatic heterocycles. The third-order valence-electron chi connectivity index (χ3n) is 4.12. The molecule has 0 spiro atoms. The first-order valence-electron chi connectivity index (χ1n) is 7.06. The average Bonchev–Trinajstić information content (AvgIpc) is 3.25. The van der Waals surface area contributed by atoms with Crippen molar-refractivity contribution in [1.82, 2.24) is 9.97 Å². The van der Waals surface area contributed by atoms with Gasteiger partial charge in [0.25, 0.3) is 0 Å². The van der Waals surface area contributed by atoms with Crippen molar-refractivity contribution in [2.75, 3.05) is 0 Å². The Morgan fingerprint density at radius 2 is 1.91 bits per heavy atom. The lowest BCUT2D eigenvalue weighted by Crippen LogP contribution is -2.12. The van der Waals surface area contributed by atoms with Crippen LogP contribution in [-0.2, 0) is 11.6 Å². The maximum absolute atomic E-state index is 13.2. The number of hydrogen-bond acceptors (Lipinski definition) is 3. The van der Waals surface area contributed by atoms with E-state index in [0.717, 1.165) is 12.1 Å². The van der Waals surface area contributed by atoms with Gasteiger partial charge >= 0.3 is 6.18 Å². The van der Waals surface area contributed by atoms with Crippen molar-refractivity contribution < 1.29 is 13.2 Å². The van der Waals surface area contributed by atoms with Gasteiger partial charge in [-0.3, -0.25) is 0 Å². The van der Waals surface area contributed by atoms with Crippen LogP contribution >= 0.6 is 0 Å². The molecule has 3 rings (SSSR count). The molecule has 0 unspecified atom stereocenters. The third kappa shape index (κ3) is 2.21. The minimum absolute atomic E-state index is 0.0286. The highest BCUT2D eigenvalue weighted by Gasteiger charge is 2.47. The highest BCUT2D eigenvalue weighted by Crippen LogP contribution is 2.51. The van der Waals surface area contributed by atoms with E-state index in [1.165, 1.54) is 6.33 Å². The zero-order chi connectivity index (χ0) is 16.1. The fourth-order valence-electron chi connectivity index (χ4n) is 2.74. The van der Waals surface area contributed by atoms with Crippen molar-refractivity contribution in [3.8, 4) is 6.07 Å². The number of hydrogen-bond donors (Lipinski definition) is 0. The normalized spacial score (nSPS) is 16.8. The van der Waals surface area contributed by atoms with Crippen molar-refractivity contribution in [3.05, 3.63) is 35.3 Å². The zero-order valence-corrected chi connectivity index (χ0v) is 12.2. The number of fused-ring (bicyclic) bond motifs is 1. The first-order chi connectivity index (χ1) is 10.3. The fraction of sp³-hybridized carbons (Fsp3) is 0.438. The topological polar surface area (TPSA) is 49.6 Å². The Morgan fingerprint density at radius 3 is 2.41 bits per heavy atom. The van der Waals surface area contributed by atoms with E-state index >= 15 is 0 Å². The number of alkyl halides is 3. The fourth-order valence-corrected chi connectivity index (χ4v) is 2.74. The van der Waals surface area contributed by atoms with Gasteiger partial charge in [0.05, 0.1) is 28.3 Å². The second-order valence-corrected chi connectivity index (χ2v) is 6.03. The predicted molar refractivity (Wildman–Crippen MR) is 75.2 cm³/mol. The smallest absolute Gasteiger partial charge is 0.240 e. The Labute approximate surface area is 125 Å². The molecule has 0 amide bonds. The van der Waals surface area contributed by atoms with Crippen molar-refractivity contribution in [2.45, 2.75) is 44.2 Å². The van der Waals surface area contributed by atoms with E-state index in [4.69, 9.17) is 0 Å². The van der Waals surface area contributed by atoms with Crippen LogP contribution in [0.1, 0.15) is 49.4 Å². The first-order valence-corrected chi connectivity index (χ1v) is 7.06. The van der Waals surface area contributed by atoms with E-state index in [9.17, 15) is 18.4 Å². The van der Waals surface area contributed by atoms with Crippen LogP contribution in [0.2, 0.25) is 0 Å². The standard InChI is InChI=1S/C16H14F3N3/c1-9(2)13-11-5-10(16(17,18)19)6-12(14(11)22-8-21-13)15(7-20)3-4-15/h5-6,8-9H,3-4H2,1-2H3. The van der Waals surface area contributed by atoms with E-state index < -0.39 is 17.2 Å². The molecule has 1 heterocycles. The summed E-state index contributed by atoms with van der Waals surface area (Å²) >= 11 is 0. The summed E-state index contributed by atoms with van der Waals surface area (Å²) in [6.45, 7) is 3.75. The predicted octanol–water partition coefficient (Wildman–Crippen LogP) is 4.33. The number of halogens is 3. The lowest BCUT2D eigenvalue weighted by Gasteiger charge is -2.17. The third-order valence-corrected chi connectivity index (χ3v) is 4.12. The number of nitriles is 1. The van der Waals surface area contributed by atoms with E-state index in [1.807, 2.05) is 13.8 Å². The van der Waals surface area contributed by atoms with Gasteiger partial charge in [-0.25, -0.2) is 9.97 Å². The molecule has 1 aliphatic carbocycles. The molecule has 1 fully saturated rings. The van der Waals surface area contributed by atoms with Gasteiger partial charge in [-0.2, -0.15) is 18.4 Å². The van der Waals surface area contributed by atoms with E-state index in [1.54, 1.807) is 0 Å². The molecule has 0 aliphatic heterocycles. The van der Waals surface area contributed by atoms with Crippen molar-refractivity contribution in [1.29, 1.82) is 5.26 Å². The lowest BCUT2D eigenvalue weighted by molar-refractivity contribution is -0.137. The largest absolute Gasteiger partial charge is 0.416 e. The van der Waals surface area contributed by atoms with E-state index in [2.05, 4.69) is 16.0 Å². The van der Waals surface area contributed by atoms with Gasteiger partial charge in [0.15, 0.2) is 0 Å². The minimum Gasteiger partial charge on any atom is -0.240 e. The molecule has 1 saturated carbocycles. The van der Waals surface area contributed by atoms with Crippen LogP contribution in [-0.4, -0.2) is 9.97 Å². The maximum atomic E-state index is 13.2. The van der Waals surface area contributed by atoms with Gasteiger partial charge in [0, 0.05) is 5.39 Å². The van der Waals surface area contributed by atoms with Crippen molar-refractivity contribution in [2.24, 2.45) is 0 Å². The SMILES string of the molecule is CC(C)c1ncnc2c(C3(C#N)CC3)cc(C(F)(F)F)cc12. The Hall–Kier alpha value is -2.16. The molecule has 6 heteroatoms. The average molecular weight is 305 g/mol. The number of nitrogens with zero attached hydrogens (tertiary/aromatic N) is 3. The molecule has 1 aliphatic rings. The maximum Gasteiger partial charge on any atom is 0.416 e. The molecular weight excluding hydrogens is 291 g/mol. The lowest BCUT2D eigenvalue weighted by atomic mass is 9.91. The van der Waals surface area contributed by atoms with Crippen LogP contribution in [0, 0.1) is 11.3 Å². The molecule has 0 saturated heterocycles. The van der Waals surface area contributed by atoms with Crippen LogP contribution in [0.5, 0.6) is 0 Å². The van der Waals surface area contributed by atoms with Crippen LogP contribution in [0.3, 0.4) is 0 Å². The summed E-state index contributed by atoms with van der Waals surface area (Å²) in [5.41, 5.74) is -0.156. The minimum atomic E-state index is -4.46. The molecule has 0 bridgehead atoms. The molecule has 2 aromatic rings. The molecular formula is C16H14F3N3. The second-order valence-electron chi connectivity index (χ2n) is 6.03. The molecule has 0 atom stereocenters. The van der Waals surface area contributed by atoms with Gasteiger partial charge in [-0.05, 0) is 36.5 Å². The summed E-state index contributed by atoms with van der Waals surface area (Å²) < 4.78 is 39.7. The Bertz CT molecular complexity index is 784. The highest BCUT2D eigenvalue weighted by atomic mass is 19.4. The Balaban J connectivity index is 2.39. The summed E-state index contributed by atoms with van der Waals surface area (Å²) in [7, 11) is 0. The van der Waals surface area contributed by atoms with Gasteiger partial charge < -0.3 is 0 Å². The van der Waals surface area contributed by atoms with Crippen molar-refractivity contribution in [3.63, 3.8) is 0 Å². The quantitative estimate of drug-likeness (QED) is 0.830. The summed E-state index contributed by atoms with van der Waals surface area (Å²) in [6, 6.07) is 4.34. The zero-order valence-electron chi connectivity index (χ0n) is 12.2. The Kier molecular flexibility index (Phi) is 3.13. The molecule has 22 heavy (non-hydrogen) atoms. The monoisotopic (exact) mass is 305 g/mol. The first kappa shape index (κ1) is 14.8. The summed E-state index contributed by atoms with van der Waals surface area (Å²) in [4.78, 5) is 8.31. The van der Waals surface area contributed by atoms with Gasteiger partial charge in [0.1, 0.15) is 6.33 Å². The van der Waals surface area contributed by atoms with Gasteiger partial charge in [0.2, 0.25) is 0 Å². The van der Waals surface area contributed by atoms with Gasteiger partial charge in [-0.1, -0.05) is 13.8 Å². The number of benzene rings is 1. The summed E-state index contributed by atoms with van der Waals surface area (Å²) in [5, 5.41) is 9.76. The molecule has 1 aromatic carbocycles. The molecule has 0 N–H and O–H groups in total. The van der Waals surface area contributed by atoms with Crippen molar-refractivity contribution >= 4 is 10.9 Å². The van der Waals surface area contributed by atoms with Crippen LogP contribution in [0.25, 0.3) is 10.9 Å². The highest BCUT2D eigenvalue weighted by molar-refractivity contribution is 5.87. The second kappa shape index (κ2) is 4.67. The number of rotatable bonds is 2. The van der Waals surface area contributed by atoms with Crippen LogP contribution < -0.4 is 0 Å². The molecule has 114 valence electrons. The van der Waals surface area contributed by atoms with Crippen LogP contribution in [0.4, 0.5) is 13.2 Å². The Morgan fingerprint density at radius 1 is 1.23 bits per heavy atom. The van der Waals surface area contributed by atoms with Gasteiger partial charge in [-0.15, -0.1) is 0 Å². The van der Waals surface area contributed by atoms with Crippen LogP contribution in [0.15, 0.2) is 18.5 Å².